The van der Waals surface area contributed by atoms with Gasteiger partial charge in [-0.25, -0.2) is 0 Å². The van der Waals surface area contributed by atoms with Gasteiger partial charge >= 0.3 is 6.18 Å². The van der Waals surface area contributed by atoms with Crippen molar-refractivity contribution in [2.75, 3.05) is 7.05 Å². The van der Waals surface area contributed by atoms with Crippen LogP contribution in [0.4, 0.5) is 13.2 Å². The number of hydrogen-bond donors (Lipinski definition) is 1. The van der Waals surface area contributed by atoms with Crippen molar-refractivity contribution in [1.29, 1.82) is 0 Å². The van der Waals surface area contributed by atoms with E-state index in [1.807, 2.05) is 0 Å². The molecule has 0 unspecified atom stereocenters. The summed E-state index contributed by atoms with van der Waals surface area (Å²) in [6, 6.07) is 16.9. The van der Waals surface area contributed by atoms with Crippen LogP contribution in [0.25, 0.3) is 10.8 Å². The zero-order chi connectivity index (χ0) is 29.7. The van der Waals surface area contributed by atoms with Gasteiger partial charge in [0.2, 0.25) is 0 Å². The third-order valence-electron chi connectivity index (χ3n) is 6.26. The summed E-state index contributed by atoms with van der Waals surface area (Å²) in [5.74, 6) is -0.381. The lowest BCUT2D eigenvalue weighted by Crippen LogP contribution is -2.18. The monoisotopic (exact) mass is 560 g/mol. The Morgan fingerprint density at radius 1 is 0.927 bits per heavy atom. The summed E-state index contributed by atoms with van der Waals surface area (Å²) in [6.45, 7) is 3.39. The number of ether oxygens (including phenoxy) is 1. The van der Waals surface area contributed by atoms with E-state index in [1.165, 1.54) is 37.5 Å². The molecular weight excluding hydrogens is 533 g/mol. The number of pyridine rings is 1. The summed E-state index contributed by atoms with van der Waals surface area (Å²) in [4.78, 5) is 41.5. The number of nitrogens with zero attached hydrogens (tertiary/aromatic N) is 1. The lowest BCUT2D eigenvalue weighted by atomic mass is 9.94. The maximum atomic E-state index is 13.9. The standard InChI is InChI=1S/C32H27F3N2O4/c1-19(2)14-22(38)17-21-11-10-20(15-27(21)32(33,34)35)16-29(39)25-7-4-8-26-24(25)6-5-9-30(26)41-23-12-13-37-28(18-23)31(40)36-3/h4-15,18H,16-17H2,1-3H3,(H,36,40). The average Bonchev–Trinajstić information content (AvgIpc) is 2.92. The van der Waals surface area contributed by atoms with Gasteiger partial charge < -0.3 is 10.1 Å². The highest BCUT2D eigenvalue weighted by molar-refractivity contribution is 6.10. The number of benzene rings is 3. The maximum Gasteiger partial charge on any atom is 0.416 e. The van der Waals surface area contributed by atoms with Crippen LogP contribution in [0.1, 0.15) is 51.4 Å². The molecule has 1 amide bonds. The third-order valence-corrected chi connectivity index (χ3v) is 6.26. The summed E-state index contributed by atoms with van der Waals surface area (Å²) in [5, 5.41) is 3.67. The summed E-state index contributed by atoms with van der Waals surface area (Å²) in [6.07, 6.45) is -2.59. The summed E-state index contributed by atoms with van der Waals surface area (Å²) < 4.78 is 47.6. The smallest absolute Gasteiger partial charge is 0.416 e. The maximum absolute atomic E-state index is 13.9. The minimum absolute atomic E-state index is 0.140. The van der Waals surface area contributed by atoms with Gasteiger partial charge in [-0.15, -0.1) is 0 Å². The zero-order valence-corrected chi connectivity index (χ0v) is 22.6. The molecule has 9 heteroatoms. The van der Waals surface area contributed by atoms with E-state index in [0.717, 1.165) is 6.07 Å². The number of rotatable bonds is 9. The molecule has 0 fully saturated rings. The molecule has 0 aliphatic rings. The Kier molecular flexibility index (Phi) is 8.66. The Morgan fingerprint density at radius 2 is 1.66 bits per heavy atom. The van der Waals surface area contributed by atoms with E-state index >= 15 is 0 Å². The Morgan fingerprint density at radius 3 is 2.37 bits per heavy atom. The number of aromatic nitrogens is 1. The molecular formula is C32H27F3N2O4. The lowest BCUT2D eigenvalue weighted by molar-refractivity contribution is -0.138. The number of carbonyl (C=O) groups is 3. The van der Waals surface area contributed by atoms with Crippen LogP contribution in [0.15, 0.2) is 84.6 Å². The number of allylic oxidation sites excluding steroid dienone is 2. The fourth-order valence-electron chi connectivity index (χ4n) is 4.46. The third kappa shape index (κ3) is 7.05. The number of fused-ring (bicyclic) bond motifs is 1. The summed E-state index contributed by atoms with van der Waals surface area (Å²) in [7, 11) is 1.49. The van der Waals surface area contributed by atoms with Crippen molar-refractivity contribution in [1.82, 2.24) is 10.3 Å². The molecule has 6 nitrogen and oxygen atoms in total. The van der Waals surface area contributed by atoms with Crippen LogP contribution in [-0.2, 0) is 23.8 Å². The Labute approximate surface area is 234 Å². The van der Waals surface area contributed by atoms with Crippen LogP contribution in [0, 0.1) is 0 Å². The Balaban J connectivity index is 1.63. The molecule has 0 aliphatic heterocycles. The number of amides is 1. The number of alkyl halides is 3. The highest BCUT2D eigenvalue weighted by atomic mass is 19.4. The first-order valence-electron chi connectivity index (χ1n) is 12.7. The molecule has 4 aromatic rings. The molecule has 0 atom stereocenters. The van der Waals surface area contributed by atoms with Gasteiger partial charge in [0.15, 0.2) is 11.6 Å². The molecule has 1 heterocycles. The van der Waals surface area contributed by atoms with Crippen molar-refractivity contribution < 1.29 is 32.3 Å². The molecule has 210 valence electrons. The minimum Gasteiger partial charge on any atom is -0.457 e. The molecule has 1 N–H and O–H groups in total. The van der Waals surface area contributed by atoms with Crippen LogP contribution in [-0.4, -0.2) is 29.5 Å². The molecule has 1 aromatic heterocycles. The van der Waals surface area contributed by atoms with Crippen LogP contribution in [0.2, 0.25) is 0 Å². The highest BCUT2D eigenvalue weighted by Gasteiger charge is 2.34. The lowest BCUT2D eigenvalue weighted by Gasteiger charge is -2.15. The Hall–Kier alpha value is -4.79. The zero-order valence-electron chi connectivity index (χ0n) is 22.6. The van der Waals surface area contributed by atoms with Crippen LogP contribution in [0.5, 0.6) is 11.5 Å². The number of halogens is 3. The van der Waals surface area contributed by atoms with Gasteiger partial charge in [-0.2, -0.15) is 13.2 Å². The number of nitrogens with one attached hydrogen (secondary N) is 1. The normalized spacial score (nSPS) is 11.2. The van der Waals surface area contributed by atoms with Gasteiger partial charge in [-0.05, 0) is 54.6 Å². The first-order valence-corrected chi connectivity index (χ1v) is 12.7. The molecule has 0 saturated carbocycles. The average molecular weight is 561 g/mol. The van der Waals surface area contributed by atoms with Crippen LogP contribution in [0.3, 0.4) is 0 Å². The van der Waals surface area contributed by atoms with Crippen molar-refractivity contribution in [2.24, 2.45) is 0 Å². The van der Waals surface area contributed by atoms with E-state index in [2.05, 4.69) is 10.3 Å². The number of Topliss-reactive ketones (excluding diaryl/α,β-unsaturated/α-hetero) is 1. The number of carbonyl (C=O) groups excluding carboxylic acids is 3. The fourth-order valence-corrected chi connectivity index (χ4v) is 4.46. The van der Waals surface area contributed by atoms with E-state index in [1.54, 1.807) is 56.3 Å². The van der Waals surface area contributed by atoms with Gasteiger partial charge in [-0.1, -0.05) is 48.0 Å². The molecule has 0 bridgehead atoms. The minimum atomic E-state index is -4.68. The largest absolute Gasteiger partial charge is 0.457 e. The van der Waals surface area contributed by atoms with Gasteiger partial charge in [0.25, 0.3) is 5.91 Å². The molecule has 3 aromatic carbocycles. The van der Waals surface area contributed by atoms with E-state index in [4.69, 9.17) is 4.74 Å². The van der Waals surface area contributed by atoms with E-state index in [-0.39, 0.29) is 41.4 Å². The predicted molar refractivity (Wildman–Crippen MR) is 149 cm³/mol. The molecule has 0 saturated heterocycles. The number of ketones is 2. The first-order chi connectivity index (χ1) is 19.5. The molecule has 41 heavy (non-hydrogen) atoms. The summed E-state index contributed by atoms with van der Waals surface area (Å²) in [5.41, 5.74) is 0.309. The highest BCUT2D eigenvalue weighted by Crippen LogP contribution is 2.35. The van der Waals surface area contributed by atoms with E-state index < -0.39 is 17.5 Å². The second-order valence-corrected chi connectivity index (χ2v) is 9.67. The van der Waals surface area contributed by atoms with Gasteiger partial charge in [-0.3, -0.25) is 19.4 Å². The Bertz CT molecular complexity index is 1670. The summed E-state index contributed by atoms with van der Waals surface area (Å²) >= 11 is 0. The van der Waals surface area contributed by atoms with Crippen LogP contribution >= 0.6 is 0 Å². The van der Waals surface area contributed by atoms with Gasteiger partial charge in [0.1, 0.15) is 17.2 Å². The molecule has 0 aliphatic carbocycles. The first kappa shape index (κ1) is 29.2. The van der Waals surface area contributed by atoms with Crippen molar-refractivity contribution in [3.05, 3.63) is 113 Å². The van der Waals surface area contributed by atoms with Crippen molar-refractivity contribution in [3.63, 3.8) is 0 Å². The van der Waals surface area contributed by atoms with Gasteiger partial charge in [0.05, 0.1) is 5.56 Å². The molecule has 0 radical (unpaired) electrons. The van der Waals surface area contributed by atoms with Crippen LogP contribution < -0.4 is 10.1 Å². The molecule has 4 rings (SSSR count). The van der Waals surface area contributed by atoms with E-state index in [9.17, 15) is 27.6 Å². The number of hydrogen-bond acceptors (Lipinski definition) is 5. The van der Waals surface area contributed by atoms with Crippen molar-refractivity contribution in [3.8, 4) is 11.5 Å². The van der Waals surface area contributed by atoms with E-state index in [0.29, 0.717) is 33.4 Å². The van der Waals surface area contributed by atoms with Crippen molar-refractivity contribution in [2.45, 2.75) is 32.9 Å². The van der Waals surface area contributed by atoms with Gasteiger partial charge in [0, 0.05) is 43.1 Å². The van der Waals surface area contributed by atoms with Crippen molar-refractivity contribution >= 4 is 28.2 Å². The second-order valence-electron chi connectivity index (χ2n) is 9.67. The predicted octanol–water partition coefficient (Wildman–Crippen LogP) is 6.91. The quantitative estimate of drug-likeness (QED) is 0.178. The SMILES string of the molecule is CNC(=O)c1cc(Oc2cccc3c(C(=O)Cc4ccc(CC(=O)C=C(C)C)c(C(F)(F)F)c4)cccc23)ccn1. The topological polar surface area (TPSA) is 85.4 Å². The fraction of sp³-hybridized carbons (Fsp3) is 0.188. The molecule has 0 spiro atoms. The second kappa shape index (κ2) is 12.2.